The largest absolute Gasteiger partial charge is 0.507 e. The molecular weight excluding hydrogens is 410 g/mol. The molecule has 0 aliphatic carbocycles. The fourth-order valence-electron chi connectivity index (χ4n) is 3.69. The number of nitrogens with one attached hydrogen (secondary N) is 2. The van der Waals surface area contributed by atoms with E-state index >= 15 is 0 Å². The number of carbonyl (C=O) groups is 1. The van der Waals surface area contributed by atoms with Gasteiger partial charge in [0.05, 0.1) is 24.4 Å². The van der Waals surface area contributed by atoms with E-state index in [0.29, 0.717) is 29.7 Å². The first kappa shape index (κ1) is 21.2. The first-order chi connectivity index (χ1) is 15.6. The molecular formula is C24H23N3O5. The lowest BCUT2D eigenvalue weighted by Gasteiger charge is -2.19. The number of methoxy groups -OCH3 is 1. The summed E-state index contributed by atoms with van der Waals surface area (Å²) in [5.41, 5.74) is 1.26. The minimum Gasteiger partial charge on any atom is -0.507 e. The maximum atomic E-state index is 12.8. The molecule has 2 aromatic heterocycles. The van der Waals surface area contributed by atoms with Crippen molar-refractivity contribution in [1.29, 1.82) is 0 Å². The zero-order valence-corrected chi connectivity index (χ0v) is 17.5. The summed E-state index contributed by atoms with van der Waals surface area (Å²) in [7, 11) is 1.56. The van der Waals surface area contributed by atoms with Gasteiger partial charge in [-0.1, -0.05) is 24.3 Å². The molecule has 0 spiro atoms. The molecule has 164 valence electrons. The molecule has 0 fully saturated rings. The molecule has 0 bridgehead atoms. The summed E-state index contributed by atoms with van der Waals surface area (Å²) < 4.78 is 10.7. The van der Waals surface area contributed by atoms with Crippen LogP contribution in [-0.2, 0) is 11.2 Å². The molecule has 0 aliphatic heterocycles. The number of rotatable bonds is 8. The average molecular weight is 433 g/mol. The highest BCUT2D eigenvalue weighted by molar-refractivity contribution is 5.85. The van der Waals surface area contributed by atoms with Gasteiger partial charge in [0.1, 0.15) is 17.1 Å². The van der Waals surface area contributed by atoms with E-state index in [1.54, 1.807) is 68.2 Å². The molecule has 4 rings (SSSR count). The van der Waals surface area contributed by atoms with Crippen molar-refractivity contribution in [2.24, 2.45) is 0 Å². The second-order valence-electron chi connectivity index (χ2n) is 7.35. The Hall–Kier alpha value is -4.07. The van der Waals surface area contributed by atoms with E-state index in [9.17, 15) is 14.7 Å². The lowest BCUT2D eigenvalue weighted by Crippen LogP contribution is -2.28. The molecule has 0 radical (unpaired) electrons. The van der Waals surface area contributed by atoms with Crippen molar-refractivity contribution in [3.05, 3.63) is 88.3 Å². The number of nitrogens with zero attached hydrogens (tertiary/aromatic N) is 1. The molecule has 8 nitrogen and oxygen atoms in total. The third kappa shape index (κ3) is 4.49. The number of hydrogen-bond donors (Lipinski definition) is 3. The van der Waals surface area contributed by atoms with Gasteiger partial charge in [0.25, 0.3) is 0 Å². The Labute approximate surface area is 183 Å². The maximum absolute atomic E-state index is 12.8. The summed E-state index contributed by atoms with van der Waals surface area (Å²) >= 11 is 0. The van der Waals surface area contributed by atoms with Crippen LogP contribution in [0.1, 0.15) is 29.2 Å². The highest BCUT2D eigenvalue weighted by Gasteiger charge is 2.27. The van der Waals surface area contributed by atoms with Gasteiger partial charge < -0.3 is 24.6 Å². The molecule has 0 saturated carbocycles. The van der Waals surface area contributed by atoms with Gasteiger partial charge in [-0.05, 0) is 29.8 Å². The number of benzene rings is 2. The fourth-order valence-corrected chi connectivity index (χ4v) is 3.69. The van der Waals surface area contributed by atoms with Crippen LogP contribution in [0.5, 0.6) is 11.5 Å². The number of H-pyrrole nitrogens is 1. The third-order valence-corrected chi connectivity index (χ3v) is 5.35. The molecule has 0 unspecified atom stereocenters. The Morgan fingerprint density at radius 2 is 2.00 bits per heavy atom. The number of carbonyl (C=O) groups excluding carboxylic acids is 1. The van der Waals surface area contributed by atoms with Crippen LogP contribution in [-0.4, -0.2) is 34.6 Å². The van der Waals surface area contributed by atoms with Crippen LogP contribution >= 0.6 is 0 Å². The van der Waals surface area contributed by atoms with Gasteiger partial charge in [-0.2, -0.15) is 0 Å². The van der Waals surface area contributed by atoms with Crippen molar-refractivity contribution in [3.63, 3.8) is 0 Å². The predicted octanol–water partition coefficient (Wildman–Crippen LogP) is 3.11. The Kier molecular flexibility index (Phi) is 6.21. The summed E-state index contributed by atoms with van der Waals surface area (Å²) in [6.07, 6.45) is 3.84. The van der Waals surface area contributed by atoms with Crippen molar-refractivity contribution < 1.29 is 19.1 Å². The van der Waals surface area contributed by atoms with Crippen LogP contribution < -0.4 is 15.7 Å². The zero-order chi connectivity index (χ0) is 22.5. The molecule has 1 amide bonds. The molecule has 2 aromatic carbocycles. The molecule has 3 N–H and O–H groups in total. The minimum atomic E-state index is -0.700. The van der Waals surface area contributed by atoms with Gasteiger partial charge in [0.15, 0.2) is 0 Å². The average Bonchev–Trinajstić information content (AvgIpc) is 3.32. The smallest absolute Gasteiger partial charge is 0.343 e. The van der Waals surface area contributed by atoms with Crippen LogP contribution in [0, 0.1) is 0 Å². The van der Waals surface area contributed by atoms with E-state index in [-0.39, 0.29) is 29.2 Å². The van der Waals surface area contributed by atoms with E-state index in [1.807, 2.05) is 0 Å². The summed E-state index contributed by atoms with van der Waals surface area (Å²) in [4.78, 5) is 32.6. The van der Waals surface area contributed by atoms with Gasteiger partial charge in [-0.3, -0.25) is 4.79 Å². The number of hydrogen-bond acceptors (Lipinski definition) is 6. The van der Waals surface area contributed by atoms with Gasteiger partial charge >= 0.3 is 5.63 Å². The molecule has 4 aromatic rings. The van der Waals surface area contributed by atoms with E-state index in [1.165, 1.54) is 0 Å². The predicted molar refractivity (Wildman–Crippen MR) is 119 cm³/mol. The van der Waals surface area contributed by atoms with Crippen molar-refractivity contribution in [2.45, 2.75) is 18.8 Å². The Morgan fingerprint density at radius 1 is 1.22 bits per heavy atom. The topological polar surface area (TPSA) is 117 Å². The molecule has 0 aliphatic rings. The molecule has 32 heavy (non-hydrogen) atoms. The molecule has 0 saturated heterocycles. The SMILES string of the molecule is COc1ccc([C@@H](CC(=O)NCCc2cnc[nH]2)c2c(O)c3ccccc3oc2=O)cc1. The highest BCUT2D eigenvalue weighted by Crippen LogP contribution is 2.36. The number of ether oxygens (including phenoxy) is 1. The summed E-state index contributed by atoms with van der Waals surface area (Å²) in [6.45, 7) is 0.411. The van der Waals surface area contributed by atoms with Crippen molar-refractivity contribution in [1.82, 2.24) is 15.3 Å². The molecule has 2 heterocycles. The van der Waals surface area contributed by atoms with Crippen molar-refractivity contribution in [2.75, 3.05) is 13.7 Å². The van der Waals surface area contributed by atoms with Crippen LogP contribution in [0.15, 0.2) is 70.3 Å². The van der Waals surface area contributed by atoms with E-state index in [4.69, 9.17) is 9.15 Å². The van der Waals surface area contributed by atoms with Gasteiger partial charge in [0.2, 0.25) is 5.91 Å². The summed E-state index contributed by atoms with van der Waals surface area (Å²) in [6, 6.07) is 13.8. The number of aromatic hydroxyl groups is 1. The first-order valence-electron chi connectivity index (χ1n) is 10.2. The summed E-state index contributed by atoms with van der Waals surface area (Å²) in [5, 5.41) is 14.2. The van der Waals surface area contributed by atoms with E-state index in [2.05, 4.69) is 15.3 Å². The Balaban J connectivity index is 1.65. The molecule has 8 heteroatoms. The number of aromatic amines is 1. The van der Waals surface area contributed by atoms with E-state index in [0.717, 1.165) is 5.69 Å². The minimum absolute atomic E-state index is 0.0357. The van der Waals surface area contributed by atoms with Crippen molar-refractivity contribution in [3.8, 4) is 11.5 Å². The fraction of sp³-hybridized carbons (Fsp3) is 0.208. The highest BCUT2D eigenvalue weighted by atomic mass is 16.5. The second-order valence-corrected chi connectivity index (χ2v) is 7.35. The van der Waals surface area contributed by atoms with Gasteiger partial charge in [0, 0.05) is 37.2 Å². The van der Waals surface area contributed by atoms with Crippen molar-refractivity contribution >= 4 is 16.9 Å². The number of amides is 1. The number of imidazole rings is 1. The zero-order valence-electron chi connectivity index (χ0n) is 17.5. The Morgan fingerprint density at radius 3 is 2.72 bits per heavy atom. The third-order valence-electron chi connectivity index (χ3n) is 5.35. The first-order valence-corrected chi connectivity index (χ1v) is 10.2. The number of para-hydroxylation sites is 1. The Bertz CT molecular complexity index is 1260. The lowest BCUT2D eigenvalue weighted by atomic mass is 9.88. The van der Waals surface area contributed by atoms with Crippen LogP contribution in [0.4, 0.5) is 0 Å². The number of aromatic nitrogens is 2. The monoisotopic (exact) mass is 433 g/mol. The van der Waals surface area contributed by atoms with Gasteiger partial charge in [-0.15, -0.1) is 0 Å². The van der Waals surface area contributed by atoms with Gasteiger partial charge in [-0.25, -0.2) is 9.78 Å². The van der Waals surface area contributed by atoms with Crippen LogP contribution in [0.25, 0.3) is 11.0 Å². The normalized spacial score (nSPS) is 11.9. The number of fused-ring (bicyclic) bond motifs is 1. The standard InChI is InChI=1S/C24H23N3O5/c1-31-17-8-6-15(7-9-17)19(12-21(28)26-11-10-16-13-25-14-27-16)22-23(29)18-4-2-3-5-20(18)32-24(22)30/h2-9,13-14,19,29H,10-12H2,1H3,(H,25,27)(H,26,28)/t19-/m1/s1. The quantitative estimate of drug-likeness (QED) is 0.368. The summed E-state index contributed by atoms with van der Waals surface area (Å²) in [5.74, 6) is -0.486. The maximum Gasteiger partial charge on any atom is 0.343 e. The molecule has 1 atom stereocenters. The van der Waals surface area contributed by atoms with E-state index < -0.39 is 11.5 Å². The van der Waals surface area contributed by atoms with Crippen LogP contribution in [0.2, 0.25) is 0 Å². The lowest BCUT2D eigenvalue weighted by molar-refractivity contribution is -0.121. The second kappa shape index (κ2) is 9.38. The van der Waals surface area contributed by atoms with Crippen LogP contribution in [0.3, 0.4) is 0 Å².